The molecule has 0 heterocycles. The number of carbonyl (C=O) groups excluding carboxylic acids is 1. The van der Waals surface area contributed by atoms with E-state index in [1.807, 2.05) is 6.92 Å². The third-order valence-corrected chi connectivity index (χ3v) is 1.43. The van der Waals surface area contributed by atoms with E-state index in [-0.39, 0.29) is 5.91 Å². The molecule has 1 amide bonds. The number of amidine groups is 1. The highest BCUT2D eigenvalue weighted by atomic mass is 16.2. The molecule has 3 heteroatoms. The van der Waals surface area contributed by atoms with Gasteiger partial charge in [0.1, 0.15) is 5.84 Å². The average Bonchev–Trinajstić information content (AvgIpc) is 1.90. The summed E-state index contributed by atoms with van der Waals surface area (Å²) in [6, 6.07) is 0. The van der Waals surface area contributed by atoms with Crippen molar-refractivity contribution in [3.8, 4) is 0 Å². The summed E-state index contributed by atoms with van der Waals surface area (Å²) in [6.45, 7) is 3.50. The lowest BCUT2D eigenvalue weighted by Gasteiger charge is -2.15. The summed E-state index contributed by atoms with van der Waals surface area (Å²) in [6.07, 6.45) is 0.798. The maximum absolute atomic E-state index is 10.7. The summed E-state index contributed by atoms with van der Waals surface area (Å²) in [5.74, 6) is 0.856. The zero-order valence-electron chi connectivity index (χ0n) is 7.01. The normalized spacial score (nSPS) is 11.4. The molecule has 0 rings (SSSR count). The van der Waals surface area contributed by atoms with Gasteiger partial charge >= 0.3 is 0 Å². The van der Waals surface area contributed by atoms with Crippen LogP contribution in [0.2, 0.25) is 0 Å². The van der Waals surface area contributed by atoms with E-state index in [0.29, 0.717) is 0 Å². The summed E-state index contributed by atoms with van der Waals surface area (Å²) in [5.41, 5.74) is 0. The molecule has 0 saturated heterocycles. The fraction of sp³-hybridized carbons (Fsp3) is 0.714. The lowest BCUT2D eigenvalue weighted by atomic mass is 10.4. The maximum atomic E-state index is 10.7. The number of aliphatic imine (C=N–C) groups is 1. The summed E-state index contributed by atoms with van der Waals surface area (Å²) >= 11 is 0. The molecule has 0 saturated carbocycles. The Morgan fingerprint density at radius 1 is 1.60 bits per heavy atom. The first-order chi connectivity index (χ1) is 4.63. The predicted octanol–water partition coefficient (Wildman–Crippen LogP) is 0.903. The van der Waals surface area contributed by atoms with Gasteiger partial charge in [0.25, 0.3) is 0 Å². The molecular weight excluding hydrogens is 128 g/mol. The van der Waals surface area contributed by atoms with Gasteiger partial charge in [0, 0.05) is 27.4 Å². The largest absolute Gasteiger partial charge is 0.304 e. The first-order valence-corrected chi connectivity index (χ1v) is 3.33. The molecule has 0 aromatic carbocycles. The van der Waals surface area contributed by atoms with Crippen molar-refractivity contribution in [2.75, 3.05) is 14.1 Å². The van der Waals surface area contributed by atoms with E-state index in [0.717, 1.165) is 12.3 Å². The molecule has 0 atom stereocenters. The Labute approximate surface area is 61.7 Å². The van der Waals surface area contributed by atoms with Gasteiger partial charge in [-0.25, -0.2) is 0 Å². The number of hydrogen-bond acceptors (Lipinski definition) is 2. The monoisotopic (exact) mass is 142 g/mol. The topological polar surface area (TPSA) is 32.7 Å². The van der Waals surface area contributed by atoms with E-state index in [1.165, 1.54) is 6.92 Å². The zero-order chi connectivity index (χ0) is 8.15. The smallest absolute Gasteiger partial charge is 0.224 e. The van der Waals surface area contributed by atoms with Gasteiger partial charge in [0.05, 0.1) is 0 Å². The van der Waals surface area contributed by atoms with Crippen molar-refractivity contribution in [2.24, 2.45) is 4.99 Å². The first-order valence-electron chi connectivity index (χ1n) is 3.33. The van der Waals surface area contributed by atoms with Crippen LogP contribution in [0.25, 0.3) is 0 Å². The van der Waals surface area contributed by atoms with Crippen LogP contribution in [0.15, 0.2) is 4.99 Å². The Hall–Kier alpha value is -0.860. The highest BCUT2D eigenvalue weighted by Gasteiger charge is 2.05. The quantitative estimate of drug-likeness (QED) is 0.395. The lowest BCUT2D eigenvalue weighted by molar-refractivity contribution is -0.124. The molecule has 0 aromatic heterocycles. The molecule has 58 valence electrons. The van der Waals surface area contributed by atoms with Crippen LogP contribution in [0.4, 0.5) is 0 Å². The Bertz CT molecular complexity index is 152. The Kier molecular flexibility index (Phi) is 3.69. The standard InChI is InChI=1S/C7H14N2O/c1-5-7(8-3)9(4)6(2)10/h5H2,1-4H3. The van der Waals surface area contributed by atoms with Crippen molar-refractivity contribution in [2.45, 2.75) is 20.3 Å². The van der Waals surface area contributed by atoms with E-state index >= 15 is 0 Å². The van der Waals surface area contributed by atoms with Crippen LogP contribution in [0.5, 0.6) is 0 Å². The van der Waals surface area contributed by atoms with Gasteiger partial charge in [0.2, 0.25) is 5.91 Å². The van der Waals surface area contributed by atoms with Crippen molar-refractivity contribution in [1.82, 2.24) is 4.90 Å². The molecule has 0 N–H and O–H groups in total. The van der Waals surface area contributed by atoms with Gasteiger partial charge in [0.15, 0.2) is 0 Å². The molecule has 0 unspecified atom stereocenters. The van der Waals surface area contributed by atoms with E-state index in [4.69, 9.17) is 0 Å². The van der Waals surface area contributed by atoms with Crippen molar-refractivity contribution >= 4 is 11.7 Å². The minimum atomic E-state index is 0.0300. The SMILES string of the molecule is CCC(=NC)N(C)C(C)=O. The third-order valence-electron chi connectivity index (χ3n) is 1.43. The van der Waals surface area contributed by atoms with Gasteiger partial charge in [-0.1, -0.05) is 6.92 Å². The molecule has 0 aliphatic carbocycles. The third kappa shape index (κ3) is 2.17. The van der Waals surface area contributed by atoms with Gasteiger partial charge in [-0.2, -0.15) is 0 Å². The second kappa shape index (κ2) is 4.04. The fourth-order valence-electron chi connectivity index (χ4n) is 0.727. The summed E-state index contributed by atoms with van der Waals surface area (Å²) < 4.78 is 0. The van der Waals surface area contributed by atoms with Gasteiger partial charge in [-0.3, -0.25) is 9.79 Å². The van der Waals surface area contributed by atoms with Gasteiger partial charge < -0.3 is 4.90 Å². The summed E-state index contributed by atoms with van der Waals surface area (Å²) in [7, 11) is 3.42. The van der Waals surface area contributed by atoms with Crippen molar-refractivity contribution in [3.05, 3.63) is 0 Å². The molecule has 0 aromatic rings. The molecule has 0 fully saturated rings. The molecular formula is C7H14N2O. The Balaban J connectivity index is 4.17. The first kappa shape index (κ1) is 9.14. The molecule has 0 bridgehead atoms. The molecule has 0 aliphatic rings. The fourth-order valence-corrected chi connectivity index (χ4v) is 0.727. The predicted molar refractivity (Wildman–Crippen MR) is 42.1 cm³/mol. The second-order valence-electron chi connectivity index (χ2n) is 2.07. The molecule has 10 heavy (non-hydrogen) atoms. The van der Waals surface area contributed by atoms with Crippen molar-refractivity contribution < 1.29 is 4.79 Å². The van der Waals surface area contributed by atoms with Crippen LogP contribution >= 0.6 is 0 Å². The van der Waals surface area contributed by atoms with Crippen LogP contribution in [-0.4, -0.2) is 30.7 Å². The van der Waals surface area contributed by atoms with Crippen LogP contribution in [0.1, 0.15) is 20.3 Å². The van der Waals surface area contributed by atoms with E-state index in [9.17, 15) is 4.79 Å². The van der Waals surface area contributed by atoms with Crippen LogP contribution in [0, 0.1) is 0 Å². The highest BCUT2D eigenvalue weighted by Crippen LogP contribution is 1.92. The van der Waals surface area contributed by atoms with Crippen molar-refractivity contribution in [3.63, 3.8) is 0 Å². The summed E-state index contributed by atoms with van der Waals surface area (Å²) in [5, 5.41) is 0. The molecule has 0 spiro atoms. The number of amides is 1. The lowest BCUT2D eigenvalue weighted by Crippen LogP contribution is -2.30. The Morgan fingerprint density at radius 3 is 2.20 bits per heavy atom. The van der Waals surface area contributed by atoms with Crippen molar-refractivity contribution in [1.29, 1.82) is 0 Å². The van der Waals surface area contributed by atoms with Crippen LogP contribution < -0.4 is 0 Å². The molecule has 0 aliphatic heterocycles. The van der Waals surface area contributed by atoms with E-state index < -0.39 is 0 Å². The minimum Gasteiger partial charge on any atom is -0.304 e. The number of carbonyl (C=O) groups is 1. The molecule has 0 radical (unpaired) electrons. The number of rotatable bonds is 1. The zero-order valence-corrected chi connectivity index (χ0v) is 7.01. The van der Waals surface area contributed by atoms with E-state index in [1.54, 1.807) is 19.0 Å². The van der Waals surface area contributed by atoms with Gasteiger partial charge in [-0.15, -0.1) is 0 Å². The second-order valence-corrected chi connectivity index (χ2v) is 2.07. The minimum absolute atomic E-state index is 0.0300. The van der Waals surface area contributed by atoms with Crippen LogP contribution in [0.3, 0.4) is 0 Å². The van der Waals surface area contributed by atoms with Gasteiger partial charge in [-0.05, 0) is 0 Å². The number of hydrogen-bond donors (Lipinski definition) is 0. The van der Waals surface area contributed by atoms with Crippen LogP contribution in [-0.2, 0) is 4.79 Å². The maximum Gasteiger partial charge on any atom is 0.224 e. The van der Waals surface area contributed by atoms with E-state index in [2.05, 4.69) is 4.99 Å². The number of nitrogens with zero attached hydrogens (tertiary/aromatic N) is 2. The molecule has 3 nitrogen and oxygen atoms in total. The summed E-state index contributed by atoms with van der Waals surface area (Å²) in [4.78, 5) is 16.3. The highest BCUT2D eigenvalue weighted by molar-refractivity contribution is 5.96. The average molecular weight is 142 g/mol. The Morgan fingerprint density at radius 2 is 2.10 bits per heavy atom.